The van der Waals surface area contributed by atoms with Crippen molar-refractivity contribution < 1.29 is 18.7 Å². The average molecular weight is 339 g/mol. The van der Waals surface area contributed by atoms with Gasteiger partial charge in [0.25, 0.3) is 5.91 Å². The minimum atomic E-state index is -0.717. The number of carbonyl (C=O) groups excluding carboxylic acids is 2. The summed E-state index contributed by atoms with van der Waals surface area (Å²) in [5.41, 5.74) is 5.19. The monoisotopic (exact) mass is 338 g/mol. The van der Waals surface area contributed by atoms with Gasteiger partial charge in [-0.2, -0.15) is 0 Å². The molecular weight excluding hydrogens is 331 g/mol. The lowest BCUT2D eigenvalue weighted by Gasteiger charge is -2.05. The minimum Gasteiger partial charge on any atom is -0.423 e. The number of halogens is 2. The van der Waals surface area contributed by atoms with Gasteiger partial charge in [-0.05, 0) is 24.3 Å². The number of rotatable bonds is 3. The summed E-state index contributed by atoms with van der Waals surface area (Å²) in [6, 6.07) is 6.42. The average Bonchev–Trinajstić information content (AvgIpc) is 2.37. The summed E-state index contributed by atoms with van der Waals surface area (Å²) in [7, 11) is 0. The molecule has 0 aliphatic rings. The Hall–Kier alpha value is -2.28. The number of nitrogens with zero attached hydrogens (tertiary/aromatic N) is 1. The van der Waals surface area contributed by atoms with Gasteiger partial charge in [-0.3, -0.25) is 9.78 Å². The van der Waals surface area contributed by atoms with Crippen LogP contribution in [0.2, 0.25) is 0 Å². The molecule has 2 aromatic rings. The number of nitrogens with two attached hydrogens (primary N) is 1. The zero-order valence-corrected chi connectivity index (χ0v) is 11.6. The largest absolute Gasteiger partial charge is 0.423 e. The number of ether oxygens (including phenoxy) is 1. The molecule has 0 aliphatic heterocycles. The van der Waals surface area contributed by atoms with Crippen LogP contribution in [0.25, 0.3) is 0 Å². The second kappa shape index (κ2) is 5.79. The second-order valence-corrected chi connectivity index (χ2v) is 4.71. The van der Waals surface area contributed by atoms with Crippen LogP contribution < -0.4 is 10.5 Å². The van der Waals surface area contributed by atoms with E-state index in [-0.39, 0.29) is 17.0 Å². The van der Waals surface area contributed by atoms with Crippen LogP contribution in [0, 0.1) is 5.82 Å². The standard InChI is InChI=1S/C13H8BrFN2O3/c14-8-3-9(15)5-10(4-8)20-13(19)7-1-2-11(12(16)18)17-6-7/h1-6H,(H2,16,18). The minimum absolute atomic E-state index is 0.0371. The van der Waals surface area contributed by atoms with E-state index >= 15 is 0 Å². The zero-order valence-electron chi connectivity index (χ0n) is 9.97. The predicted molar refractivity (Wildman–Crippen MR) is 71.8 cm³/mol. The molecule has 1 heterocycles. The fraction of sp³-hybridized carbons (Fsp3) is 0. The maximum atomic E-state index is 13.1. The fourth-order valence-corrected chi connectivity index (χ4v) is 1.86. The van der Waals surface area contributed by atoms with Crippen molar-refractivity contribution in [1.29, 1.82) is 0 Å². The highest BCUT2D eigenvalue weighted by molar-refractivity contribution is 9.10. The molecule has 0 fully saturated rings. The number of pyridine rings is 1. The molecule has 0 atom stereocenters. The number of amides is 1. The molecular formula is C13H8BrFN2O3. The van der Waals surface area contributed by atoms with Crippen LogP contribution in [-0.2, 0) is 0 Å². The number of primary amides is 1. The fourth-order valence-electron chi connectivity index (χ4n) is 1.41. The summed E-state index contributed by atoms with van der Waals surface area (Å²) in [6.07, 6.45) is 1.16. The summed E-state index contributed by atoms with van der Waals surface area (Å²) in [4.78, 5) is 26.4. The highest BCUT2D eigenvalue weighted by Gasteiger charge is 2.11. The lowest BCUT2D eigenvalue weighted by Crippen LogP contribution is -2.14. The summed E-state index contributed by atoms with van der Waals surface area (Å²) >= 11 is 3.09. The lowest BCUT2D eigenvalue weighted by atomic mass is 10.2. The van der Waals surface area contributed by atoms with Crippen molar-refractivity contribution in [3.8, 4) is 5.75 Å². The van der Waals surface area contributed by atoms with E-state index in [1.165, 1.54) is 24.3 Å². The summed E-state index contributed by atoms with van der Waals surface area (Å²) < 4.78 is 18.6. The van der Waals surface area contributed by atoms with Crippen LogP contribution in [0.5, 0.6) is 5.75 Å². The van der Waals surface area contributed by atoms with E-state index in [0.717, 1.165) is 12.3 Å². The maximum Gasteiger partial charge on any atom is 0.345 e. The normalized spacial score (nSPS) is 10.1. The molecule has 2 rings (SSSR count). The molecule has 0 saturated carbocycles. The quantitative estimate of drug-likeness (QED) is 0.687. The van der Waals surface area contributed by atoms with Crippen molar-refractivity contribution in [3.05, 3.63) is 58.1 Å². The molecule has 2 N–H and O–H groups in total. The van der Waals surface area contributed by atoms with Gasteiger partial charge in [-0.15, -0.1) is 0 Å². The first-order valence-electron chi connectivity index (χ1n) is 5.40. The Balaban J connectivity index is 2.17. The van der Waals surface area contributed by atoms with E-state index < -0.39 is 17.7 Å². The van der Waals surface area contributed by atoms with Crippen molar-refractivity contribution >= 4 is 27.8 Å². The van der Waals surface area contributed by atoms with Crippen LogP contribution >= 0.6 is 15.9 Å². The van der Waals surface area contributed by atoms with Gasteiger partial charge in [0, 0.05) is 16.7 Å². The van der Waals surface area contributed by atoms with Gasteiger partial charge in [0.1, 0.15) is 17.3 Å². The first kappa shape index (κ1) is 14.1. The number of aromatic nitrogens is 1. The SMILES string of the molecule is NC(=O)c1ccc(C(=O)Oc2cc(F)cc(Br)c2)cn1. The Bertz CT molecular complexity index is 654. The molecule has 1 aromatic heterocycles. The van der Waals surface area contributed by atoms with Gasteiger partial charge >= 0.3 is 5.97 Å². The number of carbonyl (C=O) groups is 2. The molecule has 0 unspecified atom stereocenters. The third-order valence-electron chi connectivity index (χ3n) is 2.30. The van der Waals surface area contributed by atoms with Gasteiger partial charge < -0.3 is 10.5 Å². The van der Waals surface area contributed by atoms with Crippen LogP contribution in [-0.4, -0.2) is 16.9 Å². The van der Waals surface area contributed by atoms with E-state index in [1.54, 1.807) is 0 Å². The summed E-state index contributed by atoms with van der Waals surface area (Å²) in [5.74, 6) is -1.89. The van der Waals surface area contributed by atoms with Crippen LogP contribution in [0.1, 0.15) is 20.8 Å². The lowest BCUT2D eigenvalue weighted by molar-refractivity contribution is 0.0733. The number of hydrogen-bond donors (Lipinski definition) is 1. The molecule has 102 valence electrons. The molecule has 0 aliphatic carbocycles. The Labute approximate surface area is 121 Å². The Kier molecular flexibility index (Phi) is 4.09. The van der Waals surface area contributed by atoms with E-state index in [2.05, 4.69) is 20.9 Å². The van der Waals surface area contributed by atoms with Crippen LogP contribution in [0.3, 0.4) is 0 Å². The third-order valence-corrected chi connectivity index (χ3v) is 2.76. The topological polar surface area (TPSA) is 82.3 Å². The van der Waals surface area contributed by atoms with Gasteiger partial charge in [-0.25, -0.2) is 9.18 Å². The smallest absolute Gasteiger partial charge is 0.345 e. The van der Waals surface area contributed by atoms with Crippen molar-refractivity contribution in [2.45, 2.75) is 0 Å². The highest BCUT2D eigenvalue weighted by atomic mass is 79.9. The number of benzene rings is 1. The van der Waals surface area contributed by atoms with Gasteiger partial charge in [-0.1, -0.05) is 15.9 Å². The first-order chi connectivity index (χ1) is 9.45. The van der Waals surface area contributed by atoms with Crippen molar-refractivity contribution in [2.24, 2.45) is 5.73 Å². The second-order valence-electron chi connectivity index (χ2n) is 3.79. The molecule has 0 spiro atoms. The molecule has 5 nitrogen and oxygen atoms in total. The molecule has 7 heteroatoms. The van der Waals surface area contributed by atoms with Crippen molar-refractivity contribution in [2.75, 3.05) is 0 Å². The first-order valence-corrected chi connectivity index (χ1v) is 6.19. The third kappa shape index (κ3) is 3.39. The van der Waals surface area contributed by atoms with E-state index in [4.69, 9.17) is 10.5 Å². The Morgan fingerprint density at radius 3 is 2.55 bits per heavy atom. The van der Waals surface area contributed by atoms with E-state index in [1.807, 2.05) is 0 Å². The maximum absolute atomic E-state index is 13.1. The van der Waals surface area contributed by atoms with Crippen molar-refractivity contribution in [3.63, 3.8) is 0 Å². The van der Waals surface area contributed by atoms with Gasteiger partial charge in [0.15, 0.2) is 0 Å². The van der Waals surface area contributed by atoms with E-state index in [0.29, 0.717) is 4.47 Å². The summed E-state index contributed by atoms with van der Waals surface area (Å²) in [5, 5.41) is 0. The van der Waals surface area contributed by atoms with Gasteiger partial charge in [0.2, 0.25) is 0 Å². The summed E-state index contributed by atoms with van der Waals surface area (Å²) in [6.45, 7) is 0. The number of hydrogen-bond acceptors (Lipinski definition) is 4. The predicted octanol–water partition coefficient (Wildman–Crippen LogP) is 2.30. The van der Waals surface area contributed by atoms with Crippen LogP contribution in [0.4, 0.5) is 4.39 Å². The Morgan fingerprint density at radius 2 is 2.00 bits per heavy atom. The zero-order chi connectivity index (χ0) is 14.7. The number of esters is 1. The van der Waals surface area contributed by atoms with E-state index in [9.17, 15) is 14.0 Å². The van der Waals surface area contributed by atoms with Gasteiger partial charge in [0.05, 0.1) is 5.56 Å². The Morgan fingerprint density at radius 1 is 1.25 bits per heavy atom. The molecule has 0 radical (unpaired) electrons. The molecule has 0 saturated heterocycles. The van der Waals surface area contributed by atoms with Crippen molar-refractivity contribution in [1.82, 2.24) is 4.98 Å². The molecule has 1 aromatic carbocycles. The highest BCUT2D eigenvalue weighted by Crippen LogP contribution is 2.21. The molecule has 1 amide bonds. The molecule has 0 bridgehead atoms. The molecule has 20 heavy (non-hydrogen) atoms. The van der Waals surface area contributed by atoms with Crippen LogP contribution in [0.15, 0.2) is 41.0 Å².